The Morgan fingerprint density at radius 2 is 2.05 bits per heavy atom. The highest BCUT2D eigenvalue weighted by molar-refractivity contribution is 7.39. The van der Waals surface area contributed by atoms with E-state index in [1.807, 2.05) is 5.32 Å². The van der Waals surface area contributed by atoms with Crippen LogP contribution < -0.4 is 5.32 Å². The Kier molecular flexibility index (Phi) is 4.76. The number of carbonyl (C=O) groups is 2. The second-order valence-corrected chi connectivity index (χ2v) is 5.03. The van der Waals surface area contributed by atoms with Gasteiger partial charge in [0.15, 0.2) is 0 Å². The van der Waals surface area contributed by atoms with Gasteiger partial charge in [-0.05, 0) is 0 Å². The van der Waals surface area contributed by atoms with Gasteiger partial charge in [0.1, 0.15) is 30.3 Å². The van der Waals surface area contributed by atoms with Gasteiger partial charge in [-0.1, -0.05) is 0 Å². The first kappa shape index (κ1) is 15.4. The summed E-state index contributed by atoms with van der Waals surface area (Å²) in [4.78, 5) is 43.1. The van der Waals surface area contributed by atoms with Gasteiger partial charge in [0, 0.05) is 6.21 Å². The monoisotopic (exact) mass is 308 g/mol. The van der Waals surface area contributed by atoms with Crippen LogP contribution in [0.25, 0.3) is 0 Å². The Bertz CT molecular complexity index is 430. The van der Waals surface area contributed by atoms with Gasteiger partial charge >= 0.3 is 14.6 Å². The molecule has 10 nitrogen and oxygen atoms in total. The van der Waals surface area contributed by atoms with E-state index in [-0.39, 0.29) is 6.61 Å². The summed E-state index contributed by atoms with van der Waals surface area (Å²) in [6.45, 7) is -0.363. The number of amides is 3. The molecule has 2 aliphatic rings. The Hall–Kier alpha value is -1.00. The molecular weight excluding hydrogens is 295 g/mol. The van der Waals surface area contributed by atoms with Crippen LogP contribution >= 0.6 is 8.60 Å². The molecule has 0 spiro atoms. The fourth-order valence-electron chi connectivity index (χ4n) is 2.02. The lowest BCUT2D eigenvalue weighted by Crippen LogP contribution is -2.48. The van der Waals surface area contributed by atoms with Crippen molar-refractivity contribution >= 4 is 26.8 Å². The fraction of sp³-hybridized carbons (Fsp3) is 0.667. The van der Waals surface area contributed by atoms with E-state index in [0.717, 1.165) is 6.21 Å². The molecule has 20 heavy (non-hydrogen) atoms. The summed E-state index contributed by atoms with van der Waals surface area (Å²) in [6.07, 6.45) is -3.87. The molecule has 0 bridgehead atoms. The van der Waals surface area contributed by atoms with E-state index in [0.29, 0.717) is 0 Å². The highest BCUT2D eigenvalue weighted by Gasteiger charge is 2.48. The van der Waals surface area contributed by atoms with E-state index in [4.69, 9.17) is 14.5 Å². The highest BCUT2D eigenvalue weighted by atomic mass is 31.2. The van der Waals surface area contributed by atoms with E-state index in [9.17, 15) is 19.8 Å². The molecule has 0 saturated carbocycles. The summed E-state index contributed by atoms with van der Waals surface area (Å²) in [5, 5.41) is 21.6. The van der Waals surface area contributed by atoms with Crippen LogP contribution in [0.4, 0.5) is 4.79 Å². The predicted molar refractivity (Wildman–Crippen MR) is 63.5 cm³/mol. The van der Waals surface area contributed by atoms with E-state index < -0.39 is 50.9 Å². The number of nitrogens with zero attached hydrogens (tertiary/aromatic N) is 1. The number of hydrogen-bond acceptors (Lipinski definition) is 8. The Morgan fingerprint density at radius 3 is 2.65 bits per heavy atom. The maximum Gasteiger partial charge on any atom is 0.347 e. The number of ether oxygens (including phenoxy) is 1. The SMILES string of the molecule is O=C1N=CC([C@@H]2O[C@H](COP(O)O)C(O)C2O)C(=O)N1. The van der Waals surface area contributed by atoms with Crippen LogP contribution in [0.5, 0.6) is 0 Å². The molecule has 0 aromatic rings. The number of aliphatic imine (C=N–C) groups is 1. The lowest BCUT2D eigenvalue weighted by Gasteiger charge is -2.23. The first-order valence-corrected chi connectivity index (χ1v) is 6.78. The third kappa shape index (κ3) is 3.18. The topological polar surface area (TPSA) is 158 Å². The quantitative estimate of drug-likeness (QED) is 0.361. The third-order valence-corrected chi connectivity index (χ3v) is 3.37. The summed E-state index contributed by atoms with van der Waals surface area (Å²) in [7, 11) is -2.62. The average molecular weight is 308 g/mol. The van der Waals surface area contributed by atoms with E-state index in [1.165, 1.54) is 0 Å². The standard InChI is InChI=1S/C9H13N2O8P/c12-5-4(2-18-20(16)17)19-7(6(5)13)3-1-10-9(15)11-8(3)14/h1,3-7,12-13,16-17H,2H2,(H,11,14,15)/t3?,4-,5?,6?,7+/m1/s1. The van der Waals surface area contributed by atoms with Crippen LogP contribution in [-0.4, -0.2) is 69.2 Å². The van der Waals surface area contributed by atoms with Gasteiger partial charge in [0.25, 0.3) is 0 Å². The number of urea groups is 1. The van der Waals surface area contributed by atoms with Crippen molar-refractivity contribution in [3.8, 4) is 0 Å². The second-order valence-electron chi connectivity index (χ2n) is 4.27. The van der Waals surface area contributed by atoms with E-state index >= 15 is 0 Å². The van der Waals surface area contributed by atoms with Gasteiger partial charge in [0.05, 0.1) is 6.61 Å². The Morgan fingerprint density at radius 1 is 1.35 bits per heavy atom. The molecule has 3 unspecified atom stereocenters. The molecule has 2 heterocycles. The maximum absolute atomic E-state index is 11.6. The van der Waals surface area contributed by atoms with Gasteiger partial charge in [0.2, 0.25) is 5.91 Å². The van der Waals surface area contributed by atoms with Gasteiger partial charge in [-0.3, -0.25) is 10.1 Å². The van der Waals surface area contributed by atoms with E-state index in [2.05, 4.69) is 9.52 Å². The molecule has 2 aliphatic heterocycles. The van der Waals surface area contributed by atoms with Crippen molar-refractivity contribution in [1.29, 1.82) is 0 Å². The molecule has 1 saturated heterocycles. The third-order valence-electron chi connectivity index (χ3n) is 2.99. The zero-order chi connectivity index (χ0) is 14.9. The number of rotatable bonds is 4. The predicted octanol–water partition coefficient (Wildman–Crippen LogP) is -2.36. The number of nitrogens with one attached hydrogen (secondary N) is 1. The van der Waals surface area contributed by atoms with Crippen molar-refractivity contribution < 1.29 is 38.8 Å². The highest BCUT2D eigenvalue weighted by Crippen LogP contribution is 2.31. The minimum Gasteiger partial charge on any atom is -0.388 e. The summed E-state index contributed by atoms with van der Waals surface area (Å²) < 4.78 is 9.80. The average Bonchev–Trinajstić information content (AvgIpc) is 2.64. The van der Waals surface area contributed by atoms with Crippen LogP contribution in [0.3, 0.4) is 0 Å². The van der Waals surface area contributed by atoms with Crippen LogP contribution in [0.2, 0.25) is 0 Å². The smallest absolute Gasteiger partial charge is 0.347 e. The maximum atomic E-state index is 11.6. The summed E-state index contributed by atoms with van der Waals surface area (Å²) >= 11 is 0. The molecule has 0 aromatic carbocycles. The van der Waals surface area contributed by atoms with Crippen molar-refractivity contribution in [3.05, 3.63) is 0 Å². The van der Waals surface area contributed by atoms with Crippen LogP contribution in [0.1, 0.15) is 0 Å². The Balaban J connectivity index is 2.04. The molecule has 5 atom stereocenters. The molecule has 112 valence electrons. The molecular formula is C9H13N2O8P. The van der Waals surface area contributed by atoms with Crippen molar-refractivity contribution in [2.24, 2.45) is 10.9 Å². The minimum absolute atomic E-state index is 0.363. The first-order chi connectivity index (χ1) is 9.40. The largest absolute Gasteiger partial charge is 0.388 e. The summed E-state index contributed by atoms with van der Waals surface area (Å²) in [5.74, 6) is -1.73. The molecule has 11 heteroatoms. The number of aliphatic hydroxyl groups is 2. The number of imide groups is 1. The van der Waals surface area contributed by atoms with Crippen molar-refractivity contribution in [1.82, 2.24) is 5.32 Å². The molecule has 5 N–H and O–H groups in total. The first-order valence-electron chi connectivity index (χ1n) is 5.61. The van der Waals surface area contributed by atoms with Crippen molar-refractivity contribution in [3.63, 3.8) is 0 Å². The second kappa shape index (κ2) is 6.19. The lowest BCUT2D eigenvalue weighted by atomic mass is 9.95. The van der Waals surface area contributed by atoms with Crippen molar-refractivity contribution in [2.75, 3.05) is 6.61 Å². The normalized spacial score (nSPS) is 37.5. The zero-order valence-corrected chi connectivity index (χ0v) is 10.9. The molecule has 1 fully saturated rings. The van der Waals surface area contributed by atoms with Gasteiger partial charge in [-0.2, -0.15) is 0 Å². The zero-order valence-electron chi connectivity index (χ0n) is 9.99. The molecule has 3 amide bonds. The van der Waals surface area contributed by atoms with Gasteiger partial charge in [-0.25, -0.2) is 9.79 Å². The minimum atomic E-state index is -2.62. The van der Waals surface area contributed by atoms with Crippen LogP contribution in [0.15, 0.2) is 4.99 Å². The number of carbonyl (C=O) groups excluding carboxylic acids is 2. The van der Waals surface area contributed by atoms with E-state index in [1.54, 1.807) is 0 Å². The summed E-state index contributed by atoms with van der Waals surface area (Å²) in [5.41, 5.74) is 0. The lowest BCUT2D eigenvalue weighted by molar-refractivity contribution is -0.127. The summed E-state index contributed by atoms with van der Waals surface area (Å²) in [6, 6.07) is -0.814. The molecule has 0 aliphatic carbocycles. The number of hydrogen-bond donors (Lipinski definition) is 5. The fourth-order valence-corrected chi connectivity index (χ4v) is 2.30. The molecule has 0 aromatic heterocycles. The molecule has 0 radical (unpaired) electrons. The Labute approximate surface area is 114 Å². The van der Waals surface area contributed by atoms with Crippen LogP contribution in [-0.2, 0) is 14.1 Å². The van der Waals surface area contributed by atoms with Gasteiger partial charge < -0.3 is 29.3 Å². The van der Waals surface area contributed by atoms with Gasteiger partial charge in [-0.15, -0.1) is 0 Å². The van der Waals surface area contributed by atoms with Crippen LogP contribution in [0, 0.1) is 5.92 Å². The number of aliphatic hydroxyl groups excluding tert-OH is 2. The molecule has 2 rings (SSSR count). The van der Waals surface area contributed by atoms with Crippen molar-refractivity contribution in [2.45, 2.75) is 24.4 Å².